The highest BCUT2D eigenvalue weighted by Crippen LogP contribution is 2.20. The first-order chi connectivity index (χ1) is 8.81. The Balaban J connectivity index is 1.82. The molecule has 1 aliphatic heterocycles. The van der Waals surface area contributed by atoms with Crippen molar-refractivity contribution in [2.24, 2.45) is 5.92 Å². The lowest BCUT2D eigenvalue weighted by Gasteiger charge is -2.31. The van der Waals surface area contributed by atoms with Crippen LogP contribution in [0.1, 0.15) is 37.4 Å². The van der Waals surface area contributed by atoms with Crippen LogP contribution in [0.2, 0.25) is 0 Å². The van der Waals surface area contributed by atoms with Crippen LogP contribution < -0.4 is 5.32 Å². The molecule has 2 rings (SSSR count). The zero-order chi connectivity index (χ0) is 12.8. The van der Waals surface area contributed by atoms with Crippen molar-refractivity contribution in [3.63, 3.8) is 0 Å². The lowest BCUT2D eigenvalue weighted by atomic mass is 9.94. The van der Waals surface area contributed by atoms with E-state index >= 15 is 0 Å². The van der Waals surface area contributed by atoms with E-state index in [1.165, 1.54) is 43.6 Å². The van der Waals surface area contributed by atoms with Crippen LogP contribution in [0, 0.1) is 5.92 Å². The molecule has 1 aliphatic rings. The summed E-state index contributed by atoms with van der Waals surface area (Å²) in [4.78, 5) is 7.08. The highest BCUT2D eigenvalue weighted by molar-refractivity contribution is 5.13. The number of likely N-dealkylation sites (tertiary alicyclic amines) is 1. The Hall–Kier alpha value is -0.930. The predicted molar refractivity (Wildman–Crippen MR) is 75.3 cm³/mol. The van der Waals surface area contributed by atoms with E-state index in [1.54, 1.807) is 0 Å². The van der Waals surface area contributed by atoms with Crippen molar-refractivity contribution >= 4 is 0 Å². The highest BCUT2D eigenvalue weighted by Gasteiger charge is 2.17. The summed E-state index contributed by atoms with van der Waals surface area (Å²) in [5.74, 6) is 0.951. The molecule has 1 aromatic heterocycles. The maximum Gasteiger partial charge on any atom is 0.0544 e. The van der Waals surface area contributed by atoms with Gasteiger partial charge in [-0.1, -0.05) is 19.4 Å². The molecule has 0 aromatic carbocycles. The number of hydrogen-bond donors (Lipinski definition) is 1. The van der Waals surface area contributed by atoms with E-state index in [2.05, 4.69) is 34.3 Å². The lowest BCUT2D eigenvalue weighted by molar-refractivity contribution is 0.173. The fourth-order valence-corrected chi connectivity index (χ4v) is 2.64. The molecule has 1 saturated heterocycles. The predicted octanol–water partition coefficient (Wildman–Crippen LogP) is 2.42. The van der Waals surface area contributed by atoms with Gasteiger partial charge in [0.05, 0.1) is 5.69 Å². The third-order valence-corrected chi connectivity index (χ3v) is 3.94. The molecule has 0 bridgehead atoms. The molecular weight excluding hydrogens is 222 g/mol. The van der Waals surface area contributed by atoms with Gasteiger partial charge in [0, 0.05) is 19.3 Å². The Morgan fingerprint density at radius 2 is 2.11 bits per heavy atom. The smallest absolute Gasteiger partial charge is 0.0544 e. The first-order valence-corrected chi connectivity index (χ1v) is 7.12. The van der Waals surface area contributed by atoms with Gasteiger partial charge in [-0.05, 0) is 50.5 Å². The van der Waals surface area contributed by atoms with Crippen molar-refractivity contribution in [1.29, 1.82) is 0 Å². The minimum atomic E-state index is 0.898. The summed E-state index contributed by atoms with van der Waals surface area (Å²) in [6.45, 7) is 6.69. The second kappa shape index (κ2) is 6.86. The van der Waals surface area contributed by atoms with E-state index in [0.29, 0.717) is 0 Å². The van der Waals surface area contributed by atoms with Gasteiger partial charge in [0.25, 0.3) is 0 Å². The maximum atomic E-state index is 4.55. The van der Waals surface area contributed by atoms with Crippen molar-refractivity contribution < 1.29 is 0 Å². The highest BCUT2D eigenvalue weighted by atomic mass is 15.1. The Labute approximate surface area is 111 Å². The number of nitrogens with zero attached hydrogens (tertiary/aromatic N) is 2. The minimum Gasteiger partial charge on any atom is -0.316 e. The first-order valence-electron chi connectivity index (χ1n) is 7.12. The zero-order valence-electron chi connectivity index (χ0n) is 11.7. The molecule has 100 valence electrons. The summed E-state index contributed by atoms with van der Waals surface area (Å²) < 4.78 is 0. The number of piperidine rings is 1. The van der Waals surface area contributed by atoms with Gasteiger partial charge in [-0.25, -0.2) is 0 Å². The van der Waals surface area contributed by atoms with Gasteiger partial charge in [0.2, 0.25) is 0 Å². The van der Waals surface area contributed by atoms with Crippen molar-refractivity contribution in [2.45, 2.75) is 39.3 Å². The normalized spacial score (nSPS) is 18.1. The molecule has 3 nitrogen and oxygen atoms in total. The Kier molecular flexibility index (Phi) is 5.14. The number of aromatic nitrogens is 1. The van der Waals surface area contributed by atoms with Crippen LogP contribution in [-0.2, 0) is 13.1 Å². The summed E-state index contributed by atoms with van der Waals surface area (Å²) in [5, 5.41) is 3.15. The number of nitrogens with one attached hydrogen (secondary N) is 1. The van der Waals surface area contributed by atoms with E-state index in [1.807, 2.05) is 13.2 Å². The van der Waals surface area contributed by atoms with Gasteiger partial charge in [-0.15, -0.1) is 0 Å². The summed E-state index contributed by atoms with van der Waals surface area (Å²) in [6.07, 6.45) is 6.04. The van der Waals surface area contributed by atoms with Crippen LogP contribution >= 0.6 is 0 Å². The van der Waals surface area contributed by atoms with E-state index < -0.39 is 0 Å². The van der Waals surface area contributed by atoms with Crippen LogP contribution in [-0.4, -0.2) is 30.0 Å². The molecule has 1 aromatic rings. The van der Waals surface area contributed by atoms with E-state index in [-0.39, 0.29) is 0 Å². The molecular formula is C15H25N3. The maximum absolute atomic E-state index is 4.55. The zero-order valence-corrected chi connectivity index (χ0v) is 11.7. The van der Waals surface area contributed by atoms with Crippen molar-refractivity contribution in [3.05, 3.63) is 29.6 Å². The Bertz CT molecular complexity index is 339. The topological polar surface area (TPSA) is 28.2 Å². The molecule has 0 unspecified atom stereocenters. The molecule has 1 N–H and O–H groups in total. The molecule has 0 atom stereocenters. The average Bonchev–Trinajstić information content (AvgIpc) is 2.42. The number of pyridine rings is 1. The third kappa shape index (κ3) is 3.79. The van der Waals surface area contributed by atoms with Gasteiger partial charge >= 0.3 is 0 Å². The molecule has 2 heterocycles. The van der Waals surface area contributed by atoms with Gasteiger partial charge in [-0.3, -0.25) is 9.88 Å². The van der Waals surface area contributed by atoms with E-state index in [0.717, 1.165) is 19.0 Å². The Morgan fingerprint density at radius 1 is 1.33 bits per heavy atom. The SMILES string of the molecule is CCC1CCN(Cc2ccc(CNC)cn2)CC1. The van der Waals surface area contributed by atoms with Crippen LogP contribution in [0.4, 0.5) is 0 Å². The van der Waals surface area contributed by atoms with Gasteiger partial charge in [0.1, 0.15) is 0 Å². The summed E-state index contributed by atoms with van der Waals surface area (Å²) in [5.41, 5.74) is 2.45. The van der Waals surface area contributed by atoms with Crippen LogP contribution in [0.3, 0.4) is 0 Å². The molecule has 0 saturated carbocycles. The molecule has 18 heavy (non-hydrogen) atoms. The number of hydrogen-bond acceptors (Lipinski definition) is 3. The van der Waals surface area contributed by atoms with Crippen LogP contribution in [0.25, 0.3) is 0 Å². The monoisotopic (exact) mass is 247 g/mol. The first kappa shape index (κ1) is 13.5. The van der Waals surface area contributed by atoms with Crippen molar-refractivity contribution in [1.82, 2.24) is 15.2 Å². The molecule has 0 aliphatic carbocycles. The standard InChI is InChI=1S/C15H25N3/c1-3-13-6-8-18(9-7-13)12-15-5-4-14(10-16-2)11-17-15/h4-5,11,13,16H,3,6-10,12H2,1-2H3. The number of rotatable bonds is 5. The largest absolute Gasteiger partial charge is 0.316 e. The molecule has 1 fully saturated rings. The lowest BCUT2D eigenvalue weighted by Crippen LogP contribution is -2.33. The van der Waals surface area contributed by atoms with Crippen LogP contribution in [0.5, 0.6) is 0 Å². The Morgan fingerprint density at radius 3 is 2.67 bits per heavy atom. The summed E-state index contributed by atoms with van der Waals surface area (Å²) >= 11 is 0. The van der Waals surface area contributed by atoms with E-state index in [4.69, 9.17) is 0 Å². The van der Waals surface area contributed by atoms with Crippen molar-refractivity contribution in [3.8, 4) is 0 Å². The minimum absolute atomic E-state index is 0.898. The van der Waals surface area contributed by atoms with E-state index in [9.17, 15) is 0 Å². The molecule has 3 heteroatoms. The second-order valence-electron chi connectivity index (χ2n) is 5.32. The molecule has 0 amide bonds. The summed E-state index contributed by atoms with van der Waals surface area (Å²) in [6, 6.07) is 4.34. The molecule has 0 radical (unpaired) electrons. The summed E-state index contributed by atoms with van der Waals surface area (Å²) in [7, 11) is 1.96. The van der Waals surface area contributed by atoms with Gasteiger partial charge in [-0.2, -0.15) is 0 Å². The average molecular weight is 247 g/mol. The fourth-order valence-electron chi connectivity index (χ4n) is 2.64. The third-order valence-electron chi connectivity index (χ3n) is 3.94. The molecule has 0 spiro atoms. The second-order valence-corrected chi connectivity index (χ2v) is 5.32. The fraction of sp³-hybridized carbons (Fsp3) is 0.667. The van der Waals surface area contributed by atoms with Crippen LogP contribution in [0.15, 0.2) is 18.3 Å². The quantitative estimate of drug-likeness (QED) is 0.866. The van der Waals surface area contributed by atoms with Crippen molar-refractivity contribution in [2.75, 3.05) is 20.1 Å². The van der Waals surface area contributed by atoms with Gasteiger partial charge < -0.3 is 5.32 Å². The van der Waals surface area contributed by atoms with Gasteiger partial charge in [0.15, 0.2) is 0 Å².